The molecule has 0 unspecified atom stereocenters. The predicted octanol–water partition coefficient (Wildman–Crippen LogP) is 1.11. The van der Waals surface area contributed by atoms with Crippen molar-refractivity contribution in [2.45, 2.75) is 19.3 Å². The summed E-state index contributed by atoms with van der Waals surface area (Å²) in [5.41, 5.74) is 0. The van der Waals surface area contributed by atoms with E-state index >= 15 is 0 Å². The third kappa shape index (κ3) is 9.17. The lowest BCUT2D eigenvalue weighted by molar-refractivity contribution is -0.109. The maximum Gasteiger partial charge on any atom is 0.207 e. The number of carbonyl (C=O) groups excluding carboxylic acids is 1. The van der Waals surface area contributed by atoms with Crippen molar-refractivity contribution in [1.29, 1.82) is 0 Å². The van der Waals surface area contributed by atoms with Crippen LogP contribution in [0.15, 0.2) is 12.2 Å². The SMILES string of the molecule is C1=CCCC1.COCCNC=O. The Morgan fingerprint density at radius 3 is 2.50 bits per heavy atom. The van der Waals surface area contributed by atoms with E-state index in [2.05, 4.69) is 22.2 Å². The Hall–Kier alpha value is -0.830. The van der Waals surface area contributed by atoms with Crippen LogP contribution in [-0.4, -0.2) is 26.7 Å². The van der Waals surface area contributed by atoms with Crippen LogP contribution in [0.2, 0.25) is 0 Å². The highest BCUT2D eigenvalue weighted by molar-refractivity contribution is 5.45. The Balaban J connectivity index is 0.000000211. The van der Waals surface area contributed by atoms with Crippen LogP contribution in [-0.2, 0) is 9.53 Å². The normalized spacial score (nSPS) is 13.4. The molecule has 70 valence electrons. The lowest BCUT2D eigenvalue weighted by Crippen LogP contribution is -2.16. The van der Waals surface area contributed by atoms with Gasteiger partial charge in [0.25, 0.3) is 0 Å². The van der Waals surface area contributed by atoms with Crippen LogP contribution < -0.4 is 5.32 Å². The van der Waals surface area contributed by atoms with E-state index in [4.69, 9.17) is 0 Å². The lowest BCUT2D eigenvalue weighted by Gasteiger charge is -1.92. The van der Waals surface area contributed by atoms with Gasteiger partial charge in [-0.3, -0.25) is 4.79 Å². The molecule has 1 N–H and O–H groups in total. The highest BCUT2D eigenvalue weighted by Crippen LogP contribution is 2.05. The second-order valence-corrected chi connectivity index (χ2v) is 2.47. The van der Waals surface area contributed by atoms with E-state index in [1.54, 1.807) is 7.11 Å². The molecule has 0 aromatic carbocycles. The molecule has 3 heteroatoms. The maximum absolute atomic E-state index is 9.51. The number of amides is 1. The third-order valence-electron chi connectivity index (χ3n) is 1.44. The molecule has 1 rings (SSSR count). The van der Waals surface area contributed by atoms with Gasteiger partial charge in [-0.1, -0.05) is 12.2 Å². The molecule has 0 fully saturated rings. The molecule has 0 spiro atoms. The van der Waals surface area contributed by atoms with Crippen molar-refractivity contribution in [3.05, 3.63) is 12.2 Å². The average molecular weight is 171 g/mol. The van der Waals surface area contributed by atoms with Gasteiger partial charge in [0, 0.05) is 13.7 Å². The van der Waals surface area contributed by atoms with Crippen LogP contribution in [0, 0.1) is 0 Å². The Morgan fingerprint density at radius 2 is 2.17 bits per heavy atom. The first-order valence-corrected chi connectivity index (χ1v) is 4.22. The van der Waals surface area contributed by atoms with Crippen molar-refractivity contribution < 1.29 is 9.53 Å². The Morgan fingerprint density at radius 1 is 1.50 bits per heavy atom. The van der Waals surface area contributed by atoms with Gasteiger partial charge in [-0.25, -0.2) is 0 Å². The van der Waals surface area contributed by atoms with Gasteiger partial charge < -0.3 is 10.1 Å². The van der Waals surface area contributed by atoms with E-state index in [1.807, 2.05) is 0 Å². The molecule has 0 saturated heterocycles. The zero-order chi connectivity index (χ0) is 9.07. The minimum absolute atomic E-state index is 0.582. The molecular weight excluding hydrogens is 154 g/mol. The van der Waals surface area contributed by atoms with E-state index in [0.29, 0.717) is 19.6 Å². The molecule has 0 aromatic rings. The number of hydrogen-bond acceptors (Lipinski definition) is 2. The summed E-state index contributed by atoms with van der Waals surface area (Å²) in [4.78, 5) is 9.51. The monoisotopic (exact) mass is 171 g/mol. The molecule has 1 aliphatic rings. The quantitative estimate of drug-likeness (QED) is 0.391. The largest absolute Gasteiger partial charge is 0.383 e. The van der Waals surface area contributed by atoms with Gasteiger partial charge in [0.05, 0.1) is 6.61 Å². The molecule has 0 bridgehead atoms. The Labute approximate surface area is 73.8 Å². The summed E-state index contributed by atoms with van der Waals surface area (Å²) in [6, 6.07) is 0. The van der Waals surface area contributed by atoms with Crippen molar-refractivity contribution >= 4 is 6.41 Å². The van der Waals surface area contributed by atoms with Crippen LogP contribution in [0.1, 0.15) is 19.3 Å². The smallest absolute Gasteiger partial charge is 0.207 e. The number of hydrogen-bond donors (Lipinski definition) is 1. The van der Waals surface area contributed by atoms with Gasteiger partial charge in [-0.15, -0.1) is 0 Å². The lowest BCUT2D eigenvalue weighted by atomic mass is 10.4. The van der Waals surface area contributed by atoms with E-state index in [0.717, 1.165) is 0 Å². The van der Waals surface area contributed by atoms with Crippen molar-refractivity contribution in [3.8, 4) is 0 Å². The predicted molar refractivity (Wildman–Crippen MR) is 48.9 cm³/mol. The van der Waals surface area contributed by atoms with Gasteiger partial charge in [0.1, 0.15) is 0 Å². The van der Waals surface area contributed by atoms with Crippen LogP contribution in [0.5, 0.6) is 0 Å². The van der Waals surface area contributed by atoms with E-state index in [1.165, 1.54) is 19.3 Å². The summed E-state index contributed by atoms with van der Waals surface area (Å²) < 4.78 is 4.62. The average Bonchev–Trinajstić information content (AvgIpc) is 2.62. The van der Waals surface area contributed by atoms with Crippen LogP contribution >= 0.6 is 0 Å². The van der Waals surface area contributed by atoms with Crippen LogP contribution in [0.4, 0.5) is 0 Å². The first-order valence-electron chi connectivity index (χ1n) is 4.22. The first-order chi connectivity index (χ1) is 5.91. The standard InChI is InChI=1S/C5H8.C4H9NO2/c1-2-4-5-3-1;1-7-3-2-5-4-6/h1-2H,3-5H2;4H,2-3H2,1H3,(H,5,6). The topological polar surface area (TPSA) is 38.3 Å². The van der Waals surface area contributed by atoms with Crippen LogP contribution in [0.25, 0.3) is 0 Å². The summed E-state index contributed by atoms with van der Waals surface area (Å²) in [6.45, 7) is 1.18. The fourth-order valence-electron chi connectivity index (χ4n) is 0.809. The molecule has 0 aliphatic heterocycles. The maximum atomic E-state index is 9.51. The van der Waals surface area contributed by atoms with Crippen molar-refractivity contribution in [1.82, 2.24) is 5.32 Å². The van der Waals surface area contributed by atoms with Gasteiger partial charge in [0.2, 0.25) is 6.41 Å². The van der Waals surface area contributed by atoms with Gasteiger partial charge in [-0.2, -0.15) is 0 Å². The van der Waals surface area contributed by atoms with Gasteiger partial charge in [-0.05, 0) is 19.3 Å². The molecule has 0 radical (unpaired) electrons. The number of nitrogens with one attached hydrogen (secondary N) is 1. The molecule has 0 aromatic heterocycles. The first kappa shape index (κ1) is 11.2. The number of rotatable bonds is 4. The number of methoxy groups -OCH3 is 1. The van der Waals surface area contributed by atoms with Crippen molar-refractivity contribution in [2.75, 3.05) is 20.3 Å². The second kappa shape index (κ2) is 10.2. The van der Waals surface area contributed by atoms with E-state index in [-0.39, 0.29) is 0 Å². The molecule has 0 heterocycles. The molecule has 1 aliphatic carbocycles. The second-order valence-electron chi connectivity index (χ2n) is 2.47. The summed E-state index contributed by atoms with van der Waals surface area (Å²) in [6.07, 6.45) is 9.15. The highest BCUT2D eigenvalue weighted by Gasteiger charge is 1.84. The van der Waals surface area contributed by atoms with Crippen molar-refractivity contribution in [2.24, 2.45) is 0 Å². The van der Waals surface area contributed by atoms with Gasteiger partial charge >= 0.3 is 0 Å². The summed E-state index contributed by atoms with van der Waals surface area (Å²) in [5.74, 6) is 0. The molecule has 3 nitrogen and oxygen atoms in total. The van der Waals surface area contributed by atoms with E-state index < -0.39 is 0 Å². The zero-order valence-electron chi connectivity index (χ0n) is 7.58. The zero-order valence-corrected chi connectivity index (χ0v) is 7.58. The molecular formula is C9H17NO2. The summed E-state index contributed by atoms with van der Waals surface area (Å²) in [5, 5.41) is 2.44. The Bertz CT molecular complexity index is 118. The molecule has 12 heavy (non-hydrogen) atoms. The van der Waals surface area contributed by atoms with Crippen LogP contribution in [0.3, 0.4) is 0 Å². The Kier molecular flexibility index (Phi) is 9.47. The number of carbonyl (C=O) groups is 1. The summed E-state index contributed by atoms with van der Waals surface area (Å²) >= 11 is 0. The highest BCUT2D eigenvalue weighted by atomic mass is 16.5. The molecule has 0 saturated carbocycles. The van der Waals surface area contributed by atoms with Gasteiger partial charge in [0.15, 0.2) is 0 Å². The minimum atomic E-state index is 0.582. The molecule has 0 atom stereocenters. The minimum Gasteiger partial charge on any atom is -0.383 e. The fourth-order valence-corrected chi connectivity index (χ4v) is 0.809. The fraction of sp³-hybridized carbons (Fsp3) is 0.667. The number of allylic oxidation sites excluding steroid dienone is 2. The summed E-state index contributed by atoms with van der Waals surface area (Å²) in [7, 11) is 1.59. The number of ether oxygens (including phenoxy) is 1. The molecule has 1 amide bonds. The van der Waals surface area contributed by atoms with E-state index in [9.17, 15) is 4.79 Å². The third-order valence-corrected chi connectivity index (χ3v) is 1.44. The van der Waals surface area contributed by atoms with Crippen molar-refractivity contribution in [3.63, 3.8) is 0 Å².